The number of amides is 1. The molecule has 0 spiro atoms. The third kappa shape index (κ3) is 3.89. The summed E-state index contributed by atoms with van der Waals surface area (Å²) >= 11 is 1.96. The van der Waals surface area contributed by atoms with Gasteiger partial charge in [0.15, 0.2) is 11.6 Å². The Labute approximate surface area is 180 Å². The van der Waals surface area contributed by atoms with E-state index < -0.39 is 29.0 Å². The van der Waals surface area contributed by atoms with E-state index in [1.807, 2.05) is 22.6 Å². The maximum Gasteiger partial charge on any atom is 0.254 e. The van der Waals surface area contributed by atoms with Gasteiger partial charge < -0.3 is 15.3 Å². The van der Waals surface area contributed by atoms with Gasteiger partial charge in [0.2, 0.25) is 0 Å². The lowest BCUT2D eigenvalue weighted by Crippen LogP contribution is -2.70. The van der Waals surface area contributed by atoms with Gasteiger partial charge in [-0.15, -0.1) is 0 Å². The molecule has 2 aliphatic rings. The number of carbonyl (C=O) groups is 1. The van der Waals surface area contributed by atoms with Gasteiger partial charge in [0.25, 0.3) is 5.91 Å². The van der Waals surface area contributed by atoms with Crippen molar-refractivity contribution in [2.24, 2.45) is 0 Å². The van der Waals surface area contributed by atoms with E-state index in [0.29, 0.717) is 3.57 Å². The number of benzene rings is 2. The summed E-state index contributed by atoms with van der Waals surface area (Å²) in [6.45, 7) is 1.08. The molecule has 2 aliphatic heterocycles. The average Bonchev–Trinajstić information content (AvgIpc) is 3.19. The summed E-state index contributed by atoms with van der Waals surface area (Å²) in [5, 5.41) is 13.9. The molecule has 29 heavy (non-hydrogen) atoms. The topological polar surface area (TPSA) is 52.6 Å². The molecular formula is C21H20F3IN2O2. The minimum atomic E-state index is -1.15. The van der Waals surface area contributed by atoms with E-state index in [4.69, 9.17) is 0 Å². The summed E-state index contributed by atoms with van der Waals surface area (Å²) < 4.78 is 43.4. The van der Waals surface area contributed by atoms with E-state index in [2.05, 4.69) is 5.32 Å². The molecule has 0 bridgehead atoms. The van der Waals surface area contributed by atoms with E-state index in [9.17, 15) is 23.1 Å². The van der Waals surface area contributed by atoms with Crippen molar-refractivity contribution in [2.75, 3.05) is 19.6 Å². The Hall–Kier alpha value is -1.65. The molecule has 4 nitrogen and oxygen atoms in total. The smallest absolute Gasteiger partial charge is 0.254 e. The zero-order valence-corrected chi connectivity index (χ0v) is 17.7. The SMILES string of the molecule is O=C(c1ccc(F)c(F)c1Cc1ccc(I)cc1F)N1CC(O)([C@H]2CCCN2)C1. The Bertz CT molecular complexity index is 957. The molecule has 4 rings (SSSR count). The number of aliphatic hydroxyl groups is 1. The van der Waals surface area contributed by atoms with Crippen molar-refractivity contribution in [1.82, 2.24) is 10.2 Å². The van der Waals surface area contributed by atoms with Crippen LogP contribution in [0.2, 0.25) is 0 Å². The van der Waals surface area contributed by atoms with Gasteiger partial charge in [-0.2, -0.15) is 0 Å². The first-order valence-corrected chi connectivity index (χ1v) is 10.5. The number of nitrogens with zero attached hydrogens (tertiary/aromatic N) is 1. The minimum Gasteiger partial charge on any atom is -0.385 e. The maximum absolute atomic E-state index is 14.6. The summed E-state index contributed by atoms with van der Waals surface area (Å²) in [5.41, 5.74) is -1.01. The first kappa shape index (κ1) is 20.6. The zero-order chi connectivity index (χ0) is 20.8. The van der Waals surface area contributed by atoms with Gasteiger partial charge in [-0.05, 0) is 71.8 Å². The van der Waals surface area contributed by atoms with Crippen molar-refractivity contribution in [1.29, 1.82) is 0 Å². The highest BCUT2D eigenvalue weighted by atomic mass is 127. The van der Waals surface area contributed by atoms with Crippen LogP contribution < -0.4 is 5.32 Å². The highest BCUT2D eigenvalue weighted by molar-refractivity contribution is 14.1. The molecule has 1 amide bonds. The third-order valence-electron chi connectivity index (χ3n) is 5.73. The minimum absolute atomic E-state index is 0.0109. The largest absolute Gasteiger partial charge is 0.385 e. The maximum atomic E-state index is 14.6. The van der Waals surface area contributed by atoms with Crippen LogP contribution in [0.5, 0.6) is 0 Å². The van der Waals surface area contributed by atoms with E-state index in [1.54, 1.807) is 6.07 Å². The molecule has 0 aliphatic carbocycles. The number of rotatable bonds is 4. The number of halogens is 4. The summed E-state index contributed by atoms with van der Waals surface area (Å²) in [6, 6.07) is 6.54. The van der Waals surface area contributed by atoms with Crippen LogP contribution in [0.1, 0.15) is 34.3 Å². The Balaban J connectivity index is 1.59. The van der Waals surface area contributed by atoms with Crippen molar-refractivity contribution >= 4 is 28.5 Å². The zero-order valence-electron chi connectivity index (χ0n) is 15.5. The summed E-state index contributed by atoms with van der Waals surface area (Å²) in [5.74, 6) is -3.27. The number of carbonyl (C=O) groups excluding carboxylic acids is 1. The Morgan fingerprint density at radius 3 is 2.62 bits per heavy atom. The second kappa shape index (κ2) is 7.88. The van der Waals surface area contributed by atoms with Crippen LogP contribution in [0, 0.1) is 21.0 Å². The highest BCUT2D eigenvalue weighted by Crippen LogP contribution is 2.32. The first-order chi connectivity index (χ1) is 13.8. The highest BCUT2D eigenvalue weighted by Gasteiger charge is 2.50. The summed E-state index contributed by atoms with van der Waals surface area (Å²) in [4.78, 5) is 14.4. The van der Waals surface area contributed by atoms with Crippen LogP contribution in [0.3, 0.4) is 0 Å². The van der Waals surface area contributed by atoms with Crippen LogP contribution in [-0.4, -0.2) is 47.2 Å². The van der Waals surface area contributed by atoms with E-state index in [0.717, 1.165) is 25.5 Å². The van der Waals surface area contributed by atoms with Crippen molar-refractivity contribution in [3.63, 3.8) is 0 Å². The van der Waals surface area contributed by atoms with Crippen LogP contribution in [0.4, 0.5) is 13.2 Å². The molecule has 2 N–H and O–H groups in total. The van der Waals surface area contributed by atoms with Crippen LogP contribution in [0.25, 0.3) is 0 Å². The van der Waals surface area contributed by atoms with Crippen molar-refractivity contribution in [2.45, 2.75) is 30.9 Å². The normalized spacial score (nSPS) is 20.6. The van der Waals surface area contributed by atoms with Gasteiger partial charge in [-0.1, -0.05) is 6.07 Å². The summed E-state index contributed by atoms with van der Waals surface area (Å²) in [6.07, 6.45) is 1.56. The molecule has 0 radical (unpaired) electrons. The number of likely N-dealkylation sites (tertiary alicyclic amines) is 1. The first-order valence-electron chi connectivity index (χ1n) is 9.44. The van der Waals surface area contributed by atoms with Gasteiger partial charge in [-0.3, -0.25) is 4.79 Å². The van der Waals surface area contributed by atoms with E-state index in [-0.39, 0.29) is 42.2 Å². The molecule has 154 valence electrons. The Morgan fingerprint density at radius 1 is 1.21 bits per heavy atom. The fourth-order valence-corrected chi connectivity index (χ4v) is 4.57. The molecule has 1 atom stereocenters. The van der Waals surface area contributed by atoms with Crippen molar-refractivity contribution < 1.29 is 23.1 Å². The van der Waals surface area contributed by atoms with Gasteiger partial charge in [0.1, 0.15) is 11.4 Å². The quantitative estimate of drug-likeness (QED) is 0.614. The lowest BCUT2D eigenvalue weighted by molar-refractivity contribution is -0.100. The predicted octanol–water partition coefficient (Wildman–Crippen LogP) is 3.24. The standard InChI is InChI=1S/C21H20F3IN2O2/c22-16-6-5-14(15(19(16)24)8-12-3-4-13(25)9-17(12)23)20(28)27-10-21(29,11-27)18-2-1-7-26-18/h3-6,9,18,26,29H,1-2,7-8,10-11H2/t18-/m1/s1. The summed E-state index contributed by atoms with van der Waals surface area (Å²) in [7, 11) is 0. The lowest BCUT2D eigenvalue weighted by atomic mass is 9.84. The van der Waals surface area contributed by atoms with Crippen molar-refractivity contribution in [3.8, 4) is 0 Å². The Morgan fingerprint density at radius 2 is 1.97 bits per heavy atom. The van der Waals surface area contributed by atoms with E-state index >= 15 is 0 Å². The van der Waals surface area contributed by atoms with Gasteiger partial charge in [-0.25, -0.2) is 13.2 Å². The van der Waals surface area contributed by atoms with Gasteiger partial charge >= 0.3 is 0 Å². The number of hydrogen-bond acceptors (Lipinski definition) is 3. The molecule has 2 heterocycles. The number of nitrogens with one attached hydrogen (secondary N) is 1. The lowest BCUT2D eigenvalue weighted by Gasteiger charge is -2.49. The molecule has 2 aromatic rings. The van der Waals surface area contributed by atoms with Crippen molar-refractivity contribution in [3.05, 3.63) is 68.0 Å². The Kier molecular flexibility index (Phi) is 5.60. The van der Waals surface area contributed by atoms with Crippen LogP contribution >= 0.6 is 22.6 Å². The molecular weight excluding hydrogens is 496 g/mol. The molecule has 0 aromatic heterocycles. The number of β-amino-alcohol motifs (C(OH)–C–C–N with tert-alkyl or cyclic N) is 1. The number of hydrogen-bond donors (Lipinski definition) is 2. The fourth-order valence-electron chi connectivity index (χ4n) is 4.11. The van der Waals surface area contributed by atoms with Gasteiger partial charge in [0, 0.05) is 27.2 Å². The molecule has 2 saturated heterocycles. The van der Waals surface area contributed by atoms with Gasteiger partial charge in [0.05, 0.1) is 13.1 Å². The second-order valence-corrected chi connectivity index (χ2v) is 8.96. The molecule has 0 saturated carbocycles. The van der Waals surface area contributed by atoms with E-state index in [1.165, 1.54) is 23.1 Å². The molecule has 2 aromatic carbocycles. The molecule has 0 unspecified atom stereocenters. The predicted molar refractivity (Wildman–Crippen MR) is 110 cm³/mol. The fraction of sp³-hybridized carbons (Fsp3) is 0.381. The third-order valence-corrected chi connectivity index (χ3v) is 6.41. The second-order valence-electron chi connectivity index (χ2n) is 7.71. The monoisotopic (exact) mass is 516 g/mol. The van der Waals surface area contributed by atoms with Crippen LogP contribution in [0.15, 0.2) is 30.3 Å². The van der Waals surface area contributed by atoms with Crippen LogP contribution in [-0.2, 0) is 6.42 Å². The average molecular weight is 516 g/mol. The molecule has 8 heteroatoms. The molecule has 2 fully saturated rings.